The maximum Gasteiger partial charge on any atom is 0.244 e. The summed E-state index contributed by atoms with van der Waals surface area (Å²) in [5.74, 6) is -1.10. The first-order chi connectivity index (χ1) is 17.0. The molecule has 0 heterocycles. The van der Waals surface area contributed by atoms with Gasteiger partial charge in [-0.3, -0.25) is 18.7 Å². The lowest BCUT2D eigenvalue weighted by atomic mass is 10.1. The van der Waals surface area contributed by atoms with Crippen LogP contribution in [0, 0.1) is 0 Å². The summed E-state index contributed by atoms with van der Waals surface area (Å²) in [7, 11) is -3.89. The van der Waals surface area contributed by atoms with E-state index in [1.807, 2.05) is 6.92 Å². The molecular weight excluding hydrogens is 502 g/mol. The van der Waals surface area contributed by atoms with E-state index in [-0.39, 0.29) is 23.9 Å². The van der Waals surface area contributed by atoms with E-state index in [0.717, 1.165) is 23.4 Å². The van der Waals surface area contributed by atoms with Gasteiger partial charge in [0.1, 0.15) is 12.6 Å². The number of nitrogens with zero attached hydrogens (tertiary/aromatic N) is 2. The van der Waals surface area contributed by atoms with E-state index in [1.165, 1.54) is 24.0 Å². The lowest BCUT2D eigenvalue weighted by molar-refractivity contribution is -0.140. The van der Waals surface area contributed by atoms with Crippen LogP contribution >= 0.6 is 11.6 Å². The monoisotopic (exact) mass is 535 g/mol. The number of benzene rings is 2. The second-order valence-electron chi connectivity index (χ2n) is 8.56. The van der Waals surface area contributed by atoms with Gasteiger partial charge < -0.3 is 10.2 Å². The van der Waals surface area contributed by atoms with Crippen LogP contribution in [0.4, 0.5) is 5.69 Å². The average molecular weight is 536 g/mol. The molecule has 0 aliphatic carbocycles. The molecule has 0 saturated heterocycles. The van der Waals surface area contributed by atoms with E-state index >= 15 is 0 Å². The molecule has 2 aromatic rings. The summed E-state index contributed by atoms with van der Waals surface area (Å²) >= 11 is 6.35. The number of amides is 2. The molecule has 2 aromatic carbocycles. The number of anilines is 1. The lowest BCUT2D eigenvalue weighted by Gasteiger charge is -2.33. The van der Waals surface area contributed by atoms with E-state index in [1.54, 1.807) is 43.3 Å². The van der Waals surface area contributed by atoms with Crippen molar-refractivity contribution in [1.29, 1.82) is 0 Å². The minimum absolute atomic E-state index is 0.0311. The fourth-order valence-corrected chi connectivity index (χ4v) is 4.77. The Kier molecular flexibility index (Phi) is 10.9. The van der Waals surface area contributed by atoms with Crippen molar-refractivity contribution in [2.75, 3.05) is 23.7 Å². The van der Waals surface area contributed by atoms with Crippen molar-refractivity contribution >= 4 is 44.9 Å². The molecule has 0 fully saturated rings. The highest BCUT2D eigenvalue weighted by Gasteiger charge is 2.32. The second-order valence-corrected chi connectivity index (χ2v) is 10.9. The molecule has 196 valence electrons. The van der Waals surface area contributed by atoms with Crippen LogP contribution in [0.15, 0.2) is 48.5 Å². The molecular formula is C26H34ClN3O5S. The van der Waals surface area contributed by atoms with Crippen LogP contribution in [-0.4, -0.2) is 56.3 Å². The van der Waals surface area contributed by atoms with Gasteiger partial charge in [-0.2, -0.15) is 0 Å². The molecule has 0 radical (unpaired) electrons. The van der Waals surface area contributed by atoms with Crippen LogP contribution in [0.1, 0.15) is 56.0 Å². The smallest absolute Gasteiger partial charge is 0.244 e. The van der Waals surface area contributed by atoms with Gasteiger partial charge in [-0.05, 0) is 43.5 Å². The first-order valence-electron chi connectivity index (χ1n) is 11.9. The first kappa shape index (κ1) is 29.3. The fourth-order valence-electron chi connectivity index (χ4n) is 3.73. The molecule has 36 heavy (non-hydrogen) atoms. The third-order valence-electron chi connectivity index (χ3n) is 5.73. The highest BCUT2D eigenvalue weighted by Crippen LogP contribution is 2.23. The number of Topliss-reactive ketones (excluding diaryl/α,β-unsaturated/α-hetero) is 1. The number of carbonyl (C=O) groups is 3. The molecule has 1 atom stereocenters. The van der Waals surface area contributed by atoms with E-state index in [2.05, 4.69) is 5.32 Å². The van der Waals surface area contributed by atoms with Crippen LogP contribution < -0.4 is 9.62 Å². The van der Waals surface area contributed by atoms with Crippen molar-refractivity contribution in [1.82, 2.24) is 10.2 Å². The summed E-state index contributed by atoms with van der Waals surface area (Å²) in [4.78, 5) is 39.9. The Balaban J connectivity index is 2.45. The molecule has 0 saturated carbocycles. The van der Waals surface area contributed by atoms with Gasteiger partial charge in [0.15, 0.2) is 5.78 Å². The van der Waals surface area contributed by atoms with Crippen LogP contribution in [0.5, 0.6) is 0 Å². The summed E-state index contributed by atoms with van der Waals surface area (Å²) in [6.07, 6.45) is 3.03. The molecule has 1 unspecified atom stereocenters. The van der Waals surface area contributed by atoms with Crippen molar-refractivity contribution in [2.24, 2.45) is 0 Å². The van der Waals surface area contributed by atoms with E-state index < -0.39 is 28.5 Å². The number of ketones is 1. The normalized spacial score (nSPS) is 12.0. The Labute approximate surface area is 218 Å². The van der Waals surface area contributed by atoms with Gasteiger partial charge in [0, 0.05) is 23.7 Å². The summed E-state index contributed by atoms with van der Waals surface area (Å²) < 4.78 is 26.3. The molecule has 0 aromatic heterocycles. The summed E-state index contributed by atoms with van der Waals surface area (Å²) in [5.41, 5.74) is 1.15. The predicted octanol–water partition coefficient (Wildman–Crippen LogP) is 4.03. The minimum atomic E-state index is -3.89. The van der Waals surface area contributed by atoms with Crippen LogP contribution in [0.3, 0.4) is 0 Å². The number of rotatable bonds is 13. The summed E-state index contributed by atoms with van der Waals surface area (Å²) in [5, 5.41) is 3.31. The molecule has 0 aliphatic heterocycles. The first-order valence-corrected chi connectivity index (χ1v) is 14.1. The van der Waals surface area contributed by atoms with Crippen LogP contribution in [0.25, 0.3) is 0 Å². The number of sulfonamides is 1. The Morgan fingerprint density at radius 2 is 1.75 bits per heavy atom. The number of nitrogens with one attached hydrogen (secondary N) is 1. The topological polar surface area (TPSA) is 104 Å². The Morgan fingerprint density at radius 3 is 2.33 bits per heavy atom. The van der Waals surface area contributed by atoms with E-state index in [0.29, 0.717) is 29.1 Å². The standard InChI is InChI=1S/C26H34ClN3O5S/c1-5-7-15-28-26(33)24(6-2)29(17-21-11-8-9-14-23(21)27)25(32)18-30(36(4,34)35)22-13-10-12-20(16-22)19(3)31/h8-14,16,24H,5-7,15,17-18H2,1-4H3,(H,28,33). The third kappa shape index (κ3) is 8.06. The van der Waals surface area contributed by atoms with Gasteiger partial charge in [0.05, 0.1) is 11.9 Å². The van der Waals surface area contributed by atoms with Crippen molar-refractivity contribution < 1.29 is 22.8 Å². The molecule has 0 aliphatic rings. The average Bonchev–Trinajstić information content (AvgIpc) is 2.83. The second kappa shape index (κ2) is 13.4. The molecule has 0 spiro atoms. The summed E-state index contributed by atoms with van der Waals surface area (Å²) in [6, 6.07) is 12.3. The van der Waals surface area contributed by atoms with Gasteiger partial charge in [0.2, 0.25) is 21.8 Å². The lowest BCUT2D eigenvalue weighted by Crippen LogP contribution is -2.52. The highest BCUT2D eigenvalue weighted by atomic mass is 35.5. The fraction of sp³-hybridized carbons (Fsp3) is 0.423. The predicted molar refractivity (Wildman–Crippen MR) is 143 cm³/mol. The summed E-state index contributed by atoms with van der Waals surface area (Å²) in [6.45, 7) is 5.16. The van der Waals surface area contributed by atoms with Crippen LogP contribution in [0.2, 0.25) is 5.02 Å². The van der Waals surface area contributed by atoms with Crippen molar-refractivity contribution in [2.45, 2.75) is 52.6 Å². The zero-order chi connectivity index (χ0) is 26.9. The molecule has 1 N–H and O–H groups in total. The number of unbranched alkanes of at least 4 members (excludes halogenated alkanes) is 1. The number of carbonyl (C=O) groups excluding carboxylic acids is 3. The van der Waals surface area contributed by atoms with Crippen molar-refractivity contribution in [3.8, 4) is 0 Å². The number of hydrogen-bond acceptors (Lipinski definition) is 5. The zero-order valence-corrected chi connectivity index (χ0v) is 22.7. The molecule has 2 amide bonds. The minimum Gasteiger partial charge on any atom is -0.354 e. The SMILES string of the molecule is CCCCNC(=O)C(CC)N(Cc1ccccc1Cl)C(=O)CN(c1cccc(C(C)=O)c1)S(C)(=O)=O. The highest BCUT2D eigenvalue weighted by molar-refractivity contribution is 7.92. The molecule has 0 bridgehead atoms. The number of hydrogen-bond donors (Lipinski definition) is 1. The Morgan fingerprint density at radius 1 is 1.06 bits per heavy atom. The maximum absolute atomic E-state index is 13.7. The Bertz CT molecular complexity index is 1190. The molecule has 2 rings (SSSR count). The van der Waals surface area contributed by atoms with Crippen molar-refractivity contribution in [3.63, 3.8) is 0 Å². The van der Waals surface area contributed by atoms with E-state index in [9.17, 15) is 22.8 Å². The van der Waals surface area contributed by atoms with Gasteiger partial charge in [-0.1, -0.05) is 62.2 Å². The van der Waals surface area contributed by atoms with Gasteiger partial charge in [-0.25, -0.2) is 8.42 Å². The third-order valence-corrected chi connectivity index (χ3v) is 7.24. The largest absolute Gasteiger partial charge is 0.354 e. The van der Waals surface area contributed by atoms with Crippen molar-refractivity contribution in [3.05, 3.63) is 64.7 Å². The molecule has 10 heteroatoms. The van der Waals surface area contributed by atoms with E-state index in [4.69, 9.17) is 11.6 Å². The quantitative estimate of drug-likeness (QED) is 0.308. The maximum atomic E-state index is 13.7. The Hall–Kier alpha value is -2.91. The van der Waals surface area contributed by atoms with Gasteiger partial charge in [0.25, 0.3) is 0 Å². The molecule has 8 nitrogen and oxygen atoms in total. The van der Waals surface area contributed by atoms with Gasteiger partial charge >= 0.3 is 0 Å². The zero-order valence-electron chi connectivity index (χ0n) is 21.2. The number of halogens is 1. The van der Waals surface area contributed by atoms with Gasteiger partial charge in [-0.15, -0.1) is 0 Å². The van der Waals surface area contributed by atoms with Crippen LogP contribution in [-0.2, 0) is 26.2 Å².